The molecule has 0 bridgehead atoms. The van der Waals surface area contributed by atoms with Crippen molar-refractivity contribution in [1.82, 2.24) is 10.4 Å². The Labute approximate surface area is 123 Å². The summed E-state index contributed by atoms with van der Waals surface area (Å²) in [6, 6.07) is 11.3. The summed E-state index contributed by atoms with van der Waals surface area (Å²) in [6.07, 6.45) is 1.76. The zero-order valence-corrected chi connectivity index (χ0v) is 12.3. The van der Waals surface area contributed by atoms with E-state index in [-0.39, 0.29) is 12.1 Å². The van der Waals surface area contributed by atoms with E-state index >= 15 is 0 Å². The Morgan fingerprint density at radius 2 is 1.85 bits per heavy atom. The Morgan fingerprint density at radius 3 is 2.35 bits per heavy atom. The topological polar surface area (TPSA) is 60.2 Å². The maximum Gasteiger partial charge on any atom is 0.119 e. The van der Waals surface area contributed by atoms with Gasteiger partial charge in [0.25, 0.3) is 0 Å². The molecule has 0 amide bonds. The second kappa shape index (κ2) is 6.70. The Kier molecular flexibility index (Phi) is 4.95. The van der Waals surface area contributed by atoms with Crippen molar-refractivity contribution in [3.63, 3.8) is 0 Å². The van der Waals surface area contributed by atoms with E-state index in [0.29, 0.717) is 5.02 Å². The van der Waals surface area contributed by atoms with Crippen molar-refractivity contribution in [2.24, 2.45) is 5.84 Å². The van der Waals surface area contributed by atoms with Crippen LogP contribution in [-0.2, 0) is 0 Å². The third-order valence-electron chi connectivity index (χ3n) is 2.80. The van der Waals surface area contributed by atoms with Gasteiger partial charge in [0.2, 0.25) is 0 Å². The van der Waals surface area contributed by atoms with Gasteiger partial charge >= 0.3 is 0 Å². The summed E-state index contributed by atoms with van der Waals surface area (Å²) in [6.45, 7) is 3.99. The molecule has 2 aromatic rings. The van der Waals surface area contributed by atoms with Gasteiger partial charge in [-0.05, 0) is 43.7 Å². The second-order valence-corrected chi connectivity index (χ2v) is 5.17. The predicted molar refractivity (Wildman–Crippen MR) is 80.6 cm³/mol. The molecule has 4 nitrogen and oxygen atoms in total. The van der Waals surface area contributed by atoms with E-state index in [1.807, 2.05) is 44.2 Å². The van der Waals surface area contributed by atoms with E-state index in [9.17, 15) is 0 Å². The number of aromatic nitrogens is 1. The molecule has 0 radical (unpaired) electrons. The summed E-state index contributed by atoms with van der Waals surface area (Å²) in [5, 5.41) is 0.602. The monoisotopic (exact) mass is 291 g/mol. The first-order chi connectivity index (χ1) is 9.60. The van der Waals surface area contributed by atoms with Gasteiger partial charge in [0.15, 0.2) is 0 Å². The molecule has 0 saturated carbocycles. The predicted octanol–water partition coefficient (Wildman–Crippen LogP) is 3.07. The van der Waals surface area contributed by atoms with Crippen LogP contribution in [0.15, 0.2) is 42.6 Å². The van der Waals surface area contributed by atoms with Crippen LogP contribution in [0, 0.1) is 0 Å². The molecule has 106 valence electrons. The summed E-state index contributed by atoms with van der Waals surface area (Å²) in [4.78, 5) is 4.29. The fourth-order valence-corrected chi connectivity index (χ4v) is 2.03. The van der Waals surface area contributed by atoms with Gasteiger partial charge in [-0.15, -0.1) is 0 Å². The number of benzene rings is 1. The van der Waals surface area contributed by atoms with Crippen molar-refractivity contribution in [2.75, 3.05) is 0 Å². The van der Waals surface area contributed by atoms with Crippen LogP contribution >= 0.6 is 11.6 Å². The van der Waals surface area contributed by atoms with Crippen LogP contribution in [0.5, 0.6) is 5.75 Å². The summed E-state index contributed by atoms with van der Waals surface area (Å²) in [5.41, 5.74) is 4.59. The molecule has 0 fully saturated rings. The van der Waals surface area contributed by atoms with Crippen LogP contribution < -0.4 is 16.0 Å². The molecule has 3 N–H and O–H groups in total. The van der Waals surface area contributed by atoms with Crippen LogP contribution in [0.2, 0.25) is 5.02 Å². The number of nitrogens with two attached hydrogens (primary N) is 1. The van der Waals surface area contributed by atoms with Gasteiger partial charge in [-0.3, -0.25) is 10.8 Å². The smallest absolute Gasteiger partial charge is 0.119 e. The molecule has 0 aliphatic carbocycles. The van der Waals surface area contributed by atoms with E-state index in [4.69, 9.17) is 22.2 Å². The maximum atomic E-state index is 5.84. The number of hydrogen-bond donors (Lipinski definition) is 2. The lowest BCUT2D eigenvalue weighted by Gasteiger charge is -2.17. The maximum absolute atomic E-state index is 5.84. The first-order valence-corrected chi connectivity index (χ1v) is 6.82. The summed E-state index contributed by atoms with van der Waals surface area (Å²) >= 11 is 5.84. The molecule has 2 rings (SSSR count). The molecule has 1 aromatic carbocycles. The number of ether oxygens (including phenoxy) is 1. The highest BCUT2D eigenvalue weighted by Gasteiger charge is 2.13. The highest BCUT2D eigenvalue weighted by Crippen LogP contribution is 2.23. The van der Waals surface area contributed by atoms with Gasteiger partial charge in [-0.25, -0.2) is 5.43 Å². The number of hydrogen-bond acceptors (Lipinski definition) is 4. The van der Waals surface area contributed by atoms with Gasteiger partial charge in [-0.1, -0.05) is 23.7 Å². The van der Waals surface area contributed by atoms with E-state index < -0.39 is 0 Å². The van der Waals surface area contributed by atoms with Crippen molar-refractivity contribution in [1.29, 1.82) is 0 Å². The van der Waals surface area contributed by atoms with Gasteiger partial charge in [0.05, 0.1) is 22.9 Å². The molecule has 0 spiro atoms. The van der Waals surface area contributed by atoms with Gasteiger partial charge in [0.1, 0.15) is 5.75 Å². The molecule has 0 aliphatic rings. The molecule has 1 heterocycles. The molecule has 1 atom stereocenters. The van der Waals surface area contributed by atoms with E-state index in [2.05, 4.69) is 10.4 Å². The molecule has 1 aromatic heterocycles. The molecule has 0 saturated heterocycles. The Morgan fingerprint density at radius 1 is 1.15 bits per heavy atom. The van der Waals surface area contributed by atoms with Crippen LogP contribution in [0.1, 0.15) is 31.1 Å². The van der Waals surface area contributed by atoms with Crippen LogP contribution in [-0.4, -0.2) is 11.1 Å². The Hall–Kier alpha value is -1.62. The standard InChI is InChI=1S/C15H18ClN3O/c1-10(2)20-13-6-3-11(4-7-13)15(19-17)14-8-5-12(16)9-18-14/h3-10,15,19H,17H2,1-2H3. The molecular formula is C15H18ClN3O. The quantitative estimate of drug-likeness (QED) is 0.656. The second-order valence-electron chi connectivity index (χ2n) is 4.74. The van der Waals surface area contributed by atoms with Crippen molar-refractivity contribution in [3.05, 3.63) is 58.9 Å². The average Bonchev–Trinajstić information content (AvgIpc) is 2.43. The van der Waals surface area contributed by atoms with Crippen molar-refractivity contribution >= 4 is 11.6 Å². The fraction of sp³-hybridized carbons (Fsp3) is 0.267. The highest BCUT2D eigenvalue weighted by molar-refractivity contribution is 6.30. The minimum Gasteiger partial charge on any atom is -0.491 e. The first-order valence-electron chi connectivity index (χ1n) is 6.44. The summed E-state index contributed by atoms with van der Waals surface area (Å²) in [7, 11) is 0. The van der Waals surface area contributed by atoms with Crippen molar-refractivity contribution in [3.8, 4) is 5.75 Å². The fourth-order valence-electron chi connectivity index (χ4n) is 1.92. The molecular weight excluding hydrogens is 274 g/mol. The number of hydrazine groups is 1. The third kappa shape index (κ3) is 3.70. The van der Waals surface area contributed by atoms with E-state index in [1.165, 1.54) is 0 Å². The number of nitrogens with zero attached hydrogens (tertiary/aromatic N) is 1. The zero-order chi connectivity index (χ0) is 14.5. The molecule has 5 heteroatoms. The van der Waals surface area contributed by atoms with Gasteiger partial charge < -0.3 is 4.74 Å². The van der Waals surface area contributed by atoms with Crippen LogP contribution in [0.3, 0.4) is 0 Å². The van der Waals surface area contributed by atoms with Crippen LogP contribution in [0.4, 0.5) is 0 Å². The highest BCUT2D eigenvalue weighted by atomic mass is 35.5. The van der Waals surface area contributed by atoms with E-state index in [1.54, 1.807) is 12.3 Å². The lowest BCUT2D eigenvalue weighted by atomic mass is 10.0. The van der Waals surface area contributed by atoms with Gasteiger partial charge in [-0.2, -0.15) is 0 Å². The van der Waals surface area contributed by atoms with Crippen molar-refractivity contribution < 1.29 is 4.74 Å². The average molecular weight is 292 g/mol. The third-order valence-corrected chi connectivity index (χ3v) is 3.02. The summed E-state index contributed by atoms with van der Waals surface area (Å²) < 4.78 is 5.62. The Bertz CT molecular complexity index is 540. The van der Waals surface area contributed by atoms with Crippen LogP contribution in [0.25, 0.3) is 0 Å². The minimum atomic E-state index is -0.180. The molecule has 1 unspecified atom stereocenters. The number of rotatable bonds is 5. The molecule has 20 heavy (non-hydrogen) atoms. The first kappa shape index (κ1) is 14.8. The Balaban J connectivity index is 2.21. The number of halogens is 1. The zero-order valence-electron chi connectivity index (χ0n) is 11.5. The van der Waals surface area contributed by atoms with E-state index in [0.717, 1.165) is 17.0 Å². The normalized spacial score (nSPS) is 12.4. The number of pyridine rings is 1. The minimum absolute atomic E-state index is 0.155. The van der Waals surface area contributed by atoms with Crippen molar-refractivity contribution in [2.45, 2.75) is 26.0 Å². The lowest BCUT2D eigenvalue weighted by molar-refractivity contribution is 0.242. The lowest BCUT2D eigenvalue weighted by Crippen LogP contribution is -2.29. The SMILES string of the molecule is CC(C)Oc1ccc(C(NN)c2ccc(Cl)cn2)cc1. The number of nitrogens with one attached hydrogen (secondary N) is 1. The van der Waals surface area contributed by atoms with Gasteiger partial charge in [0, 0.05) is 6.20 Å². The molecule has 0 aliphatic heterocycles. The largest absolute Gasteiger partial charge is 0.491 e. The summed E-state index contributed by atoms with van der Waals surface area (Å²) in [5.74, 6) is 6.48.